The molecule has 27 heteroatoms. The number of phosphoric acid groups is 1. The van der Waals surface area contributed by atoms with Crippen LogP contribution in [0.15, 0.2) is 104 Å². The molecule has 5 aromatic rings. The fraction of sp³-hybridized carbons (Fsp3) is 0.500. The third-order valence-electron chi connectivity index (χ3n) is 13.5. The van der Waals surface area contributed by atoms with Gasteiger partial charge in [-0.15, -0.1) is 0 Å². The van der Waals surface area contributed by atoms with Gasteiger partial charge in [-0.1, -0.05) is 130 Å². The van der Waals surface area contributed by atoms with Gasteiger partial charge in [0.15, 0.2) is 53.5 Å². The van der Waals surface area contributed by atoms with Crippen molar-refractivity contribution in [2.75, 3.05) is 18.5 Å². The summed E-state index contributed by atoms with van der Waals surface area (Å²) in [5.41, 5.74) is 2.47. The first-order valence-corrected chi connectivity index (χ1v) is 30.5. The molecule has 0 amide bonds. The lowest BCUT2D eigenvalue weighted by atomic mass is 9.77. The van der Waals surface area contributed by atoms with Crippen molar-refractivity contribution in [3.63, 3.8) is 0 Å². The topological polar surface area (TPSA) is 283 Å². The fourth-order valence-electron chi connectivity index (χ4n) is 10.1. The van der Waals surface area contributed by atoms with Crippen molar-refractivity contribution in [1.29, 1.82) is 0 Å². The van der Waals surface area contributed by atoms with Crippen molar-refractivity contribution in [2.24, 2.45) is 0 Å². The number of anilines is 1. The van der Waals surface area contributed by atoms with Crippen LogP contribution in [0, 0.1) is 0 Å². The van der Waals surface area contributed by atoms with Crippen molar-refractivity contribution in [2.45, 2.75) is 159 Å². The number of unbranched alkanes of at least 4 members (excludes halogenated alkanes) is 5. The number of hydrogen-bond donors (Lipinski definition) is 3. The van der Waals surface area contributed by atoms with Crippen LogP contribution in [0.2, 0.25) is 0 Å². The number of esters is 4. The monoisotopic (exact) mass is 1190 g/mol. The number of alkyl halides is 1. The summed E-state index contributed by atoms with van der Waals surface area (Å²) in [5, 5.41) is 3.75. The molecule has 0 aliphatic carbocycles. The molecule has 2 aromatic heterocycles. The Labute approximate surface area is 472 Å². The maximum Gasteiger partial charge on any atom is 0.481 e. The molecule has 12 atom stereocenters. The summed E-state index contributed by atoms with van der Waals surface area (Å²) >= 11 is 5.20. The zero-order valence-corrected chi connectivity index (χ0v) is 48.0. The SMILES string of the molecule is CCCCCCCCC(=O)OC[C@H](F)[C@H]1O[C@@H](OP(=O)(O)OP(O)(=S)OC[C@H]2O[C@@H](n3cnc4c(NC(c5ccccc5)(c5ccccc5)c5ccccc5)ncnc43)[C@@H]3OC(C)(C)O[C@@H]32)[C@@H](OC(C)=O)[C@@H](OC(C)=O)[C@@H]1OC(C)=O. The number of imidazole rings is 1. The molecule has 2 unspecified atom stereocenters. The Bertz CT molecular complexity index is 2960. The van der Waals surface area contributed by atoms with Gasteiger partial charge in [-0.25, -0.2) is 28.2 Å². The number of nitrogens with one attached hydrogen (secondary N) is 1. The van der Waals surface area contributed by atoms with Crippen molar-refractivity contribution >= 4 is 67.2 Å². The van der Waals surface area contributed by atoms with Gasteiger partial charge in [0.1, 0.15) is 42.9 Å². The zero-order valence-electron chi connectivity index (χ0n) is 45.3. The number of hydrogen-bond acceptors (Lipinski definition) is 21. The van der Waals surface area contributed by atoms with Crippen molar-refractivity contribution < 1.29 is 89.2 Å². The molecule has 0 radical (unpaired) electrons. The lowest BCUT2D eigenvalue weighted by molar-refractivity contribution is -0.296. The molecule has 3 fully saturated rings. The molecule has 3 aromatic carbocycles. The molecule has 3 N–H and O–H groups in total. The summed E-state index contributed by atoms with van der Waals surface area (Å²) in [4.78, 5) is 86.7. The smallest absolute Gasteiger partial charge is 0.462 e. The average molecular weight is 1190 g/mol. The molecule has 0 saturated carbocycles. The van der Waals surface area contributed by atoms with E-state index in [2.05, 4.69) is 17.2 Å². The number of benzene rings is 3. The Morgan fingerprint density at radius 3 is 1.93 bits per heavy atom. The minimum atomic E-state index is -5.78. The summed E-state index contributed by atoms with van der Waals surface area (Å²) in [6.45, 7) is 1.73. The normalized spacial score (nSPS) is 25.2. The number of aromatic nitrogens is 4. The number of nitrogens with zero attached hydrogens (tertiary/aromatic N) is 4. The quantitative estimate of drug-likeness (QED) is 0.0155. The predicted molar refractivity (Wildman–Crippen MR) is 290 cm³/mol. The van der Waals surface area contributed by atoms with Gasteiger partial charge in [-0.3, -0.25) is 28.3 Å². The molecule has 3 aliphatic heterocycles. The van der Waals surface area contributed by atoms with Crippen LogP contribution in [-0.4, -0.2) is 127 Å². The van der Waals surface area contributed by atoms with E-state index < -0.39 is 124 Å². The maximum absolute atomic E-state index is 16.3. The highest BCUT2D eigenvalue weighted by Gasteiger charge is 2.59. The van der Waals surface area contributed by atoms with Gasteiger partial charge in [-0.2, -0.15) is 0 Å². The van der Waals surface area contributed by atoms with E-state index >= 15 is 4.39 Å². The molecule has 3 aliphatic rings. The second-order valence-corrected chi connectivity index (χ2v) is 24.4. The molecule has 5 heterocycles. The summed E-state index contributed by atoms with van der Waals surface area (Å²) in [5.74, 6) is -4.72. The predicted octanol–water partition coefficient (Wildman–Crippen LogP) is 8.17. The van der Waals surface area contributed by atoms with E-state index in [1.54, 1.807) is 18.4 Å². The van der Waals surface area contributed by atoms with Crippen molar-refractivity contribution in [3.05, 3.63) is 120 Å². The van der Waals surface area contributed by atoms with E-state index in [9.17, 15) is 33.5 Å². The third-order valence-corrected chi connectivity index (χ3v) is 17.0. The van der Waals surface area contributed by atoms with Crippen LogP contribution in [0.25, 0.3) is 11.2 Å². The van der Waals surface area contributed by atoms with E-state index in [1.807, 2.05) is 91.0 Å². The largest absolute Gasteiger partial charge is 0.481 e. The first-order chi connectivity index (χ1) is 38.6. The van der Waals surface area contributed by atoms with E-state index in [4.69, 9.17) is 73.0 Å². The molecular weight excluding hydrogens is 1120 g/mol. The fourth-order valence-corrected chi connectivity index (χ4v) is 13.2. The molecule has 438 valence electrons. The van der Waals surface area contributed by atoms with Crippen LogP contribution < -0.4 is 5.32 Å². The van der Waals surface area contributed by atoms with E-state index in [0.29, 0.717) is 23.4 Å². The number of ether oxygens (including phenoxy) is 8. The highest BCUT2D eigenvalue weighted by atomic mass is 32.5. The molecule has 0 bridgehead atoms. The van der Waals surface area contributed by atoms with Crippen molar-refractivity contribution in [1.82, 2.24) is 19.5 Å². The number of carbonyl (C=O) groups excluding carboxylic acids is 4. The van der Waals surface area contributed by atoms with E-state index in [-0.39, 0.29) is 6.42 Å². The first kappa shape index (κ1) is 61.4. The summed E-state index contributed by atoms with van der Waals surface area (Å²) < 4.78 is 93.8. The number of phosphoric ester groups is 1. The Kier molecular flexibility index (Phi) is 20.3. The van der Waals surface area contributed by atoms with Crippen LogP contribution >= 0.6 is 14.5 Å². The van der Waals surface area contributed by atoms with Crippen LogP contribution in [0.1, 0.15) is 109 Å². The minimum absolute atomic E-state index is 0.0279. The van der Waals surface area contributed by atoms with Crippen LogP contribution in [-0.2, 0) is 92.3 Å². The molecule has 81 heavy (non-hydrogen) atoms. The van der Waals surface area contributed by atoms with Gasteiger partial charge >= 0.3 is 38.4 Å². The summed E-state index contributed by atoms with van der Waals surface area (Å²) in [7, 11) is -5.78. The second kappa shape index (κ2) is 26.7. The third kappa shape index (κ3) is 15.1. The van der Waals surface area contributed by atoms with E-state index in [0.717, 1.165) is 69.6 Å². The zero-order chi connectivity index (χ0) is 58.1. The molecule has 8 rings (SSSR count). The highest BCUT2D eigenvalue weighted by molar-refractivity contribution is 8.08. The molecule has 0 spiro atoms. The van der Waals surface area contributed by atoms with Crippen LogP contribution in [0.4, 0.5) is 10.2 Å². The number of halogens is 1. The maximum atomic E-state index is 16.3. The summed E-state index contributed by atoms with van der Waals surface area (Å²) in [6.07, 6.45) is -8.60. The van der Waals surface area contributed by atoms with Gasteiger partial charge < -0.3 is 57.5 Å². The molecule has 3 saturated heterocycles. The van der Waals surface area contributed by atoms with Gasteiger partial charge in [-0.05, 0) is 48.8 Å². The lowest BCUT2D eigenvalue weighted by Gasteiger charge is -2.45. The number of rotatable bonds is 26. The average Bonchev–Trinajstić information content (AvgIpc) is 3.35. The van der Waals surface area contributed by atoms with Crippen LogP contribution in [0.3, 0.4) is 0 Å². The Hall–Kier alpha value is -5.66. The number of carbonyl (C=O) groups is 4. The molecule has 23 nitrogen and oxygen atoms in total. The lowest BCUT2D eigenvalue weighted by Crippen LogP contribution is -2.64. The second-order valence-electron chi connectivity index (χ2n) is 20.0. The summed E-state index contributed by atoms with van der Waals surface area (Å²) in [6, 6.07) is 29.7. The van der Waals surface area contributed by atoms with Gasteiger partial charge in [0, 0.05) is 27.2 Å². The Morgan fingerprint density at radius 1 is 0.778 bits per heavy atom. The minimum Gasteiger partial charge on any atom is -0.462 e. The van der Waals surface area contributed by atoms with E-state index in [1.165, 1.54) is 12.7 Å². The first-order valence-electron chi connectivity index (χ1n) is 26.4. The van der Waals surface area contributed by atoms with Gasteiger partial charge in [0.25, 0.3) is 0 Å². The Morgan fingerprint density at radius 2 is 1.33 bits per heavy atom. The van der Waals surface area contributed by atoms with Crippen molar-refractivity contribution in [3.8, 4) is 0 Å². The standard InChI is InChI=1S/C54H66FN5O18P2S/c1-7-8-9-10-11-21-28-41(64)68-29-39(55)43-45(70-33(2)61)46(71-34(3)62)48(72-35(4)63)52(74-43)77-79(65,66)78-80(67,81)69-30-40-44-47(76-53(5,6)75-44)51(73-40)60-32-58-42-49(56-31-57-50(42)60)59-54(36-22-15-12-16-23-36,37-24-17-13-18-25-37)38-26-19-14-20-27-38/h12-20,22-27,31-32,39-40,43-48,51-52H,7-11,21,28-30H2,1-6H3,(H,65,66)(H,67,81)(H,56,57,59)/t39-,40+,43+,44+,45+,46-,47+,48-,51+,52-,80?/m0/s1. The molecular formula is C54H66FN5O18P2S. The van der Waals surface area contributed by atoms with Gasteiger partial charge in [0.2, 0.25) is 6.29 Å². The number of fused-ring (bicyclic) bond motifs is 2. The van der Waals surface area contributed by atoms with Crippen LogP contribution in [0.5, 0.6) is 0 Å². The Balaban J connectivity index is 1.000. The highest BCUT2D eigenvalue weighted by Crippen LogP contribution is 2.62. The van der Waals surface area contributed by atoms with Gasteiger partial charge in [0.05, 0.1) is 12.9 Å².